The van der Waals surface area contributed by atoms with Gasteiger partial charge in [-0.3, -0.25) is 0 Å². The average Bonchev–Trinajstić information content (AvgIpc) is 2.44. The summed E-state index contributed by atoms with van der Waals surface area (Å²) in [6.45, 7) is 5.61. The van der Waals surface area contributed by atoms with E-state index in [0.717, 1.165) is 23.6 Å². The van der Waals surface area contributed by atoms with Crippen LogP contribution in [0.4, 0.5) is 0 Å². The van der Waals surface area contributed by atoms with Crippen molar-refractivity contribution in [1.29, 1.82) is 0 Å². The highest BCUT2D eigenvalue weighted by Crippen LogP contribution is 2.40. The second kappa shape index (κ2) is 7.15. The van der Waals surface area contributed by atoms with Gasteiger partial charge in [0.05, 0.1) is 10.0 Å². The largest absolute Gasteiger partial charge is 0.313 e. The Labute approximate surface area is 133 Å². The minimum absolute atomic E-state index is 0.375. The minimum Gasteiger partial charge on any atom is -0.313 e. The fourth-order valence-electron chi connectivity index (χ4n) is 3.45. The molecule has 2 rings (SSSR count). The van der Waals surface area contributed by atoms with Crippen molar-refractivity contribution in [2.75, 3.05) is 6.54 Å². The second-order valence-corrected chi connectivity index (χ2v) is 7.03. The first-order chi connectivity index (χ1) is 9.57. The Kier molecular flexibility index (Phi) is 5.77. The maximum atomic E-state index is 6.36. The Morgan fingerprint density at radius 3 is 2.55 bits per heavy atom. The summed E-state index contributed by atoms with van der Waals surface area (Å²) in [4.78, 5) is 0. The number of rotatable bonds is 5. The van der Waals surface area contributed by atoms with E-state index in [1.54, 1.807) is 0 Å². The molecule has 0 spiro atoms. The van der Waals surface area contributed by atoms with Crippen molar-refractivity contribution in [3.05, 3.63) is 33.8 Å². The predicted octanol–water partition coefficient (Wildman–Crippen LogP) is 5.48. The molecule has 0 radical (unpaired) electrons. The molecule has 1 aromatic carbocycles. The van der Waals surface area contributed by atoms with Gasteiger partial charge in [0.1, 0.15) is 0 Å². The van der Waals surface area contributed by atoms with Crippen molar-refractivity contribution in [2.24, 2.45) is 5.41 Å². The number of hydrogen-bond acceptors (Lipinski definition) is 1. The van der Waals surface area contributed by atoms with Gasteiger partial charge in [-0.15, -0.1) is 0 Å². The molecule has 1 fully saturated rings. The van der Waals surface area contributed by atoms with Gasteiger partial charge >= 0.3 is 0 Å². The SMILES string of the molecule is CCNC(Cc1cccc(Cl)c1Cl)C1(C)CCCCC1. The molecule has 1 aliphatic rings. The zero-order valence-corrected chi connectivity index (χ0v) is 14.0. The van der Waals surface area contributed by atoms with Crippen molar-refractivity contribution in [1.82, 2.24) is 5.32 Å². The van der Waals surface area contributed by atoms with Crippen LogP contribution in [-0.4, -0.2) is 12.6 Å². The van der Waals surface area contributed by atoms with Crippen molar-refractivity contribution in [3.63, 3.8) is 0 Å². The maximum absolute atomic E-state index is 6.36. The Balaban J connectivity index is 2.18. The quantitative estimate of drug-likeness (QED) is 0.758. The molecule has 1 aromatic rings. The third-order valence-electron chi connectivity index (χ3n) is 4.74. The Morgan fingerprint density at radius 1 is 1.20 bits per heavy atom. The molecular formula is C17H25Cl2N. The van der Waals surface area contributed by atoms with E-state index in [1.807, 2.05) is 12.1 Å². The molecule has 1 N–H and O–H groups in total. The van der Waals surface area contributed by atoms with E-state index in [2.05, 4.69) is 25.2 Å². The summed E-state index contributed by atoms with van der Waals surface area (Å²) in [5.74, 6) is 0. The molecular weight excluding hydrogens is 289 g/mol. The minimum atomic E-state index is 0.375. The monoisotopic (exact) mass is 313 g/mol. The van der Waals surface area contributed by atoms with Crippen LogP contribution in [0.3, 0.4) is 0 Å². The molecule has 1 saturated carbocycles. The van der Waals surface area contributed by atoms with Crippen molar-refractivity contribution in [3.8, 4) is 0 Å². The van der Waals surface area contributed by atoms with Crippen LogP contribution in [0.15, 0.2) is 18.2 Å². The summed E-state index contributed by atoms with van der Waals surface area (Å²) in [7, 11) is 0. The standard InChI is InChI=1S/C17H25Cl2N/c1-3-20-15(17(2)10-5-4-6-11-17)12-13-8-7-9-14(18)16(13)19/h7-9,15,20H,3-6,10-12H2,1-2H3. The lowest BCUT2D eigenvalue weighted by Crippen LogP contribution is -2.46. The highest BCUT2D eigenvalue weighted by molar-refractivity contribution is 6.42. The van der Waals surface area contributed by atoms with Crippen LogP contribution < -0.4 is 5.32 Å². The number of halogens is 2. The van der Waals surface area contributed by atoms with Crippen LogP contribution in [0.25, 0.3) is 0 Å². The number of hydrogen-bond donors (Lipinski definition) is 1. The van der Waals surface area contributed by atoms with Crippen LogP contribution in [-0.2, 0) is 6.42 Å². The fraction of sp³-hybridized carbons (Fsp3) is 0.647. The van der Waals surface area contributed by atoms with E-state index >= 15 is 0 Å². The molecule has 0 bridgehead atoms. The zero-order chi connectivity index (χ0) is 14.6. The third-order valence-corrected chi connectivity index (χ3v) is 5.60. The smallest absolute Gasteiger partial charge is 0.0624 e. The summed E-state index contributed by atoms with van der Waals surface area (Å²) in [6, 6.07) is 6.43. The topological polar surface area (TPSA) is 12.0 Å². The average molecular weight is 314 g/mol. The van der Waals surface area contributed by atoms with E-state index in [0.29, 0.717) is 16.5 Å². The summed E-state index contributed by atoms with van der Waals surface area (Å²) < 4.78 is 0. The van der Waals surface area contributed by atoms with Crippen molar-refractivity contribution in [2.45, 2.75) is 58.4 Å². The Morgan fingerprint density at radius 2 is 1.90 bits per heavy atom. The molecule has 3 heteroatoms. The third kappa shape index (κ3) is 3.69. The molecule has 20 heavy (non-hydrogen) atoms. The van der Waals surface area contributed by atoms with Gasteiger partial charge in [0.15, 0.2) is 0 Å². The van der Waals surface area contributed by atoms with E-state index < -0.39 is 0 Å². The van der Waals surface area contributed by atoms with Gasteiger partial charge in [-0.05, 0) is 42.9 Å². The Hall–Kier alpha value is -0.240. The zero-order valence-electron chi connectivity index (χ0n) is 12.5. The number of nitrogens with one attached hydrogen (secondary N) is 1. The highest BCUT2D eigenvalue weighted by Gasteiger charge is 2.35. The summed E-state index contributed by atoms with van der Waals surface area (Å²) >= 11 is 12.5. The first-order valence-corrected chi connectivity index (χ1v) is 8.48. The lowest BCUT2D eigenvalue weighted by atomic mass is 9.69. The van der Waals surface area contributed by atoms with E-state index in [9.17, 15) is 0 Å². The lowest BCUT2D eigenvalue weighted by molar-refractivity contribution is 0.145. The van der Waals surface area contributed by atoms with Crippen LogP contribution in [0.5, 0.6) is 0 Å². The van der Waals surface area contributed by atoms with Gasteiger partial charge < -0.3 is 5.32 Å². The first-order valence-electron chi connectivity index (χ1n) is 7.73. The molecule has 0 heterocycles. The van der Waals surface area contributed by atoms with E-state index in [1.165, 1.54) is 32.1 Å². The fourth-order valence-corrected chi connectivity index (χ4v) is 3.84. The van der Waals surface area contributed by atoms with Gasteiger partial charge in [0.25, 0.3) is 0 Å². The molecule has 1 aliphatic carbocycles. The van der Waals surface area contributed by atoms with Crippen LogP contribution in [0, 0.1) is 5.41 Å². The highest BCUT2D eigenvalue weighted by atomic mass is 35.5. The molecule has 0 aromatic heterocycles. The number of likely N-dealkylation sites (N-methyl/N-ethyl adjacent to an activating group) is 1. The summed E-state index contributed by atoms with van der Waals surface area (Å²) in [5.41, 5.74) is 1.54. The van der Waals surface area contributed by atoms with Crippen LogP contribution >= 0.6 is 23.2 Å². The van der Waals surface area contributed by atoms with Crippen LogP contribution in [0.2, 0.25) is 10.0 Å². The lowest BCUT2D eigenvalue weighted by Gasteiger charge is -2.41. The van der Waals surface area contributed by atoms with Gasteiger partial charge in [-0.1, -0.05) is 68.4 Å². The molecule has 112 valence electrons. The Bertz CT molecular complexity index is 439. The van der Waals surface area contributed by atoms with Gasteiger partial charge in [0.2, 0.25) is 0 Å². The molecule has 0 aliphatic heterocycles. The molecule has 0 amide bonds. The second-order valence-electron chi connectivity index (χ2n) is 6.24. The maximum Gasteiger partial charge on any atom is 0.0624 e. The number of benzene rings is 1. The molecule has 1 nitrogen and oxygen atoms in total. The first kappa shape index (κ1) is 16.1. The van der Waals surface area contributed by atoms with Gasteiger partial charge in [-0.2, -0.15) is 0 Å². The van der Waals surface area contributed by atoms with E-state index in [-0.39, 0.29) is 0 Å². The van der Waals surface area contributed by atoms with Gasteiger partial charge in [0, 0.05) is 6.04 Å². The normalized spacial score (nSPS) is 19.8. The van der Waals surface area contributed by atoms with Gasteiger partial charge in [-0.25, -0.2) is 0 Å². The predicted molar refractivity (Wildman–Crippen MR) is 88.8 cm³/mol. The summed E-state index contributed by atoms with van der Waals surface area (Å²) in [6.07, 6.45) is 7.66. The molecule has 1 atom stereocenters. The summed E-state index contributed by atoms with van der Waals surface area (Å²) in [5, 5.41) is 5.07. The molecule has 1 unspecified atom stereocenters. The van der Waals surface area contributed by atoms with Crippen molar-refractivity contribution < 1.29 is 0 Å². The van der Waals surface area contributed by atoms with Crippen LogP contribution in [0.1, 0.15) is 51.5 Å². The van der Waals surface area contributed by atoms with E-state index in [4.69, 9.17) is 23.2 Å². The molecule has 0 saturated heterocycles. The van der Waals surface area contributed by atoms with Crippen molar-refractivity contribution >= 4 is 23.2 Å².